The first-order valence-electron chi connectivity index (χ1n) is 11.3. The molecule has 2 nitrogen and oxygen atoms in total. The Bertz CT molecular complexity index is 1130. The number of fused-ring (bicyclic) bond motifs is 4. The summed E-state index contributed by atoms with van der Waals surface area (Å²) in [5.41, 5.74) is 3.78. The van der Waals surface area contributed by atoms with Crippen LogP contribution in [0.15, 0.2) is 67.4 Å². The van der Waals surface area contributed by atoms with Gasteiger partial charge in [-0.25, -0.2) is 0 Å². The molecular formula is C27H29Cl3N2. The lowest BCUT2D eigenvalue weighted by Crippen LogP contribution is -3.00. The van der Waals surface area contributed by atoms with Crippen molar-refractivity contribution < 1.29 is 16.9 Å². The van der Waals surface area contributed by atoms with Crippen molar-refractivity contribution in [1.82, 2.24) is 4.98 Å². The van der Waals surface area contributed by atoms with Crippen LogP contribution >= 0.6 is 23.2 Å². The first kappa shape index (κ1) is 23.6. The molecule has 0 amide bonds. The molecule has 5 atom stereocenters. The first-order valence-corrected chi connectivity index (χ1v) is 12.0. The van der Waals surface area contributed by atoms with Crippen molar-refractivity contribution in [3.8, 4) is 0 Å². The fourth-order valence-electron chi connectivity index (χ4n) is 6.36. The summed E-state index contributed by atoms with van der Waals surface area (Å²) in [6.45, 7) is 9.97. The highest BCUT2D eigenvalue weighted by atomic mass is 35.5. The summed E-state index contributed by atoms with van der Waals surface area (Å²) in [6.07, 6.45) is 6.70. The van der Waals surface area contributed by atoms with Crippen LogP contribution in [0.3, 0.4) is 0 Å². The summed E-state index contributed by atoms with van der Waals surface area (Å²) in [4.78, 5) is 4.60. The molecule has 6 rings (SSSR count). The fourth-order valence-corrected chi connectivity index (χ4v) is 6.68. The summed E-state index contributed by atoms with van der Waals surface area (Å²) >= 11 is 12.6. The number of halogens is 3. The second kappa shape index (κ2) is 9.35. The lowest BCUT2D eigenvalue weighted by Gasteiger charge is -2.58. The number of pyridine rings is 1. The molecule has 5 heteroatoms. The van der Waals surface area contributed by atoms with Crippen molar-refractivity contribution in [1.29, 1.82) is 0 Å². The number of quaternary nitrogens is 1. The van der Waals surface area contributed by atoms with Crippen LogP contribution in [0.25, 0.3) is 10.9 Å². The molecule has 32 heavy (non-hydrogen) atoms. The molecule has 2 bridgehead atoms. The van der Waals surface area contributed by atoms with Gasteiger partial charge in [0.05, 0.1) is 34.7 Å². The van der Waals surface area contributed by atoms with Crippen molar-refractivity contribution in [2.24, 2.45) is 11.8 Å². The van der Waals surface area contributed by atoms with E-state index in [1.54, 1.807) is 0 Å². The summed E-state index contributed by atoms with van der Waals surface area (Å²) in [7, 11) is 0. The van der Waals surface area contributed by atoms with Gasteiger partial charge >= 0.3 is 0 Å². The average Bonchev–Trinajstić information content (AvgIpc) is 2.80. The van der Waals surface area contributed by atoms with Crippen LogP contribution in [0, 0.1) is 11.8 Å². The van der Waals surface area contributed by atoms with Crippen LogP contribution in [0.2, 0.25) is 10.0 Å². The van der Waals surface area contributed by atoms with E-state index in [0.717, 1.165) is 29.0 Å². The molecule has 0 N–H and O–H groups in total. The van der Waals surface area contributed by atoms with E-state index in [-0.39, 0.29) is 12.4 Å². The summed E-state index contributed by atoms with van der Waals surface area (Å²) in [6, 6.07) is 17.5. The first-order chi connectivity index (χ1) is 15.0. The average molecular weight is 488 g/mol. The van der Waals surface area contributed by atoms with E-state index < -0.39 is 0 Å². The van der Waals surface area contributed by atoms with Gasteiger partial charge in [-0.2, -0.15) is 0 Å². The monoisotopic (exact) mass is 486 g/mol. The van der Waals surface area contributed by atoms with Crippen molar-refractivity contribution in [2.45, 2.75) is 38.3 Å². The van der Waals surface area contributed by atoms with Crippen LogP contribution < -0.4 is 12.4 Å². The van der Waals surface area contributed by atoms with Crippen molar-refractivity contribution in [3.05, 3.63) is 88.6 Å². The lowest BCUT2D eigenvalue weighted by molar-refractivity contribution is -0.982. The highest BCUT2D eigenvalue weighted by Gasteiger charge is 2.53. The minimum absolute atomic E-state index is 0. The topological polar surface area (TPSA) is 12.9 Å². The van der Waals surface area contributed by atoms with Gasteiger partial charge in [0.2, 0.25) is 0 Å². The maximum absolute atomic E-state index is 6.38. The third-order valence-electron chi connectivity index (χ3n) is 7.91. The van der Waals surface area contributed by atoms with Gasteiger partial charge < -0.3 is 16.9 Å². The summed E-state index contributed by atoms with van der Waals surface area (Å²) in [5, 5.41) is 2.56. The molecule has 2 aromatic carbocycles. The highest BCUT2D eigenvalue weighted by Crippen LogP contribution is 2.48. The quantitative estimate of drug-likeness (QED) is 0.387. The molecule has 1 aromatic heterocycles. The fraction of sp³-hybridized carbons (Fsp3) is 0.370. The van der Waals surface area contributed by atoms with Gasteiger partial charge in [-0.05, 0) is 35.7 Å². The molecule has 3 aromatic rings. The second-order valence-electron chi connectivity index (χ2n) is 9.49. The van der Waals surface area contributed by atoms with Crippen LogP contribution in [0.5, 0.6) is 0 Å². The molecule has 3 aliphatic rings. The molecule has 4 heterocycles. The van der Waals surface area contributed by atoms with Crippen molar-refractivity contribution in [3.63, 3.8) is 0 Å². The minimum Gasteiger partial charge on any atom is -1.00 e. The minimum atomic E-state index is 0. The SMILES string of the molecule is C=C[C@@H]1C[N@+]2(Cc3ccc(Cl)c(Cl)c3)CC[C@H]1C[C@@H]2[C@@H](C)c1ccnc2ccccc12.[Cl-]. The summed E-state index contributed by atoms with van der Waals surface area (Å²) in [5.74, 6) is 1.78. The summed E-state index contributed by atoms with van der Waals surface area (Å²) < 4.78 is 1.10. The molecule has 3 fully saturated rings. The Hall–Kier alpha value is -1.58. The number of rotatable bonds is 5. The molecular weight excluding hydrogens is 459 g/mol. The number of piperidine rings is 3. The van der Waals surface area contributed by atoms with E-state index in [4.69, 9.17) is 23.2 Å². The maximum Gasteiger partial charge on any atom is 0.105 e. The van der Waals surface area contributed by atoms with Crippen LogP contribution in [-0.4, -0.2) is 28.6 Å². The number of hydrogen-bond donors (Lipinski definition) is 0. The van der Waals surface area contributed by atoms with E-state index in [1.165, 1.54) is 35.9 Å². The van der Waals surface area contributed by atoms with E-state index >= 15 is 0 Å². The predicted molar refractivity (Wildman–Crippen MR) is 131 cm³/mol. The number of hydrogen-bond acceptors (Lipinski definition) is 1. The zero-order valence-electron chi connectivity index (χ0n) is 18.4. The Balaban J connectivity index is 0.00000245. The van der Waals surface area contributed by atoms with E-state index in [2.05, 4.69) is 67.0 Å². The molecule has 0 saturated carbocycles. The van der Waals surface area contributed by atoms with Crippen LogP contribution in [-0.2, 0) is 6.54 Å². The van der Waals surface area contributed by atoms with E-state index in [9.17, 15) is 0 Å². The van der Waals surface area contributed by atoms with Crippen molar-refractivity contribution in [2.75, 3.05) is 13.1 Å². The van der Waals surface area contributed by atoms with Crippen LogP contribution in [0.1, 0.15) is 36.8 Å². The Morgan fingerprint density at radius 2 is 1.97 bits per heavy atom. The van der Waals surface area contributed by atoms with Gasteiger partial charge in [0.1, 0.15) is 6.54 Å². The third-order valence-corrected chi connectivity index (χ3v) is 8.65. The molecule has 0 radical (unpaired) electrons. The zero-order chi connectivity index (χ0) is 21.6. The zero-order valence-corrected chi connectivity index (χ0v) is 20.6. The van der Waals surface area contributed by atoms with Crippen LogP contribution in [0.4, 0.5) is 0 Å². The van der Waals surface area contributed by atoms with E-state index in [1.807, 2.05) is 12.3 Å². The molecule has 3 saturated heterocycles. The number of nitrogens with zero attached hydrogens (tertiary/aromatic N) is 2. The molecule has 0 spiro atoms. The number of aromatic nitrogens is 1. The highest BCUT2D eigenvalue weighted by molar-refractivity contribution is 6.42. The van der Waals surface area contributed by atoms with Gasteiger partial charge in [-0.15, -0.1) is 6.58 Å². The standard InChI is InChI=1S/C27H29Cl2N2.ClH/c1-3-20-17-31(16-19-8-9-24(28)25(29)14-19)13-11-21(20)15-27(31)18(2)22-10-12-30-26-7-5-4-6-23(22)26;/h3-10,12,14,18,20-21,27H,1,11,13,15-17H2,2H3;1H/q+1;/p-1/t18-,20+,21-,27+,31+;/m0./s1. The molecule has 0 aliphatic carbocycles. The maximum atomic E-state index is 6.38. The Labute approximate surface area is 207 Å². The van der Waals surface area contributed by atoms with Crippen molar-refractivity contribution >= 4 is 34.1 Å². The number of para-hydroxylation sites is 1. The Morgan fingerprint density at radius 3 is 2.75 bits per heavy atom. The van der Waals surface area contributed by atoms with Gasteiger partial charge in [-0.1, -0.05) is 60.5 Å². The molecule has 168 valence electrons. The van der Waals surface area contributed by atoms with Gasteiger partial charge in [0.15, 0.2) is 0 Å². The molecule has 0 unspecified atom stereocenters. The third kappa shape index (κ3) is 4.07. The number of benzene rings is 2. The van der Waals surface area contributed by atoms with E-state index in [0.29, 0.717) is 27.9 Å². The Kier molecular flexibility index (Phi) is 6.89. The predicted octanol–water partition coefficient (Wildman–Crippen LogP) is 4.26. The van der Waals surface area contributed by atoms with Gasteiger partial charge in [0.25, 0.3) is 0 Å². The van der Waals surface area contributed by atoms with Gasteiger partial charge in [-0.3, -0.25) is 4.98 Å². The van der Waals surface area contributed by atoms with Gasteiger partial charge in [0, 0.05) is 41.8 Å². The Morgan fingerprint density at radius 1 is 1.16 bits per heavy atom. The molecule has 3 aliphatic heterocycles. The smallest absolute Gasteiger partial charge is 0.105 e. The lowest BCUT2D eigenvalue weighted by atomic mass is 9.69. The second-order valence-corrected chi connectivity index (χ2v) is 10.3. The normalized spacial score (nSPS) is 27.7. The largest absolute Gasteiger partial charge is 1.00 e.